The first-order valence-electron chi connectivity index (χ1n) is 13.0. The van der Waals surface area contributed by atoms with E-state index in [4.69, 9.17) is 9.97 Å². The molecule has 0 unspecified atom stereocenters. The third-order valence-corrected chi connectivity index (χ3v) is 8.57. The smallest absolute Gasteiger partial charge is 0.294 e. The molecule has 1 saturated carbocycles. The van der Waals surface area contributed by atoms with Gasteiger partial charge in [0.25, 0.3) is 5.56 Å². The first-order chi connectivity index (χ1) is 17.7. The Morgan fingerprint density at radius 1 is 1.03 bits per heavy atom. The zero-order chi connectivity index (χ0) is 26.3. The van der Waals surface area contributed by atoms with Crippen LogP contribution in [0, 0.1) is 19.8 Å². The molecule has 5 rings (SSSR count). The maximum atomic E-state index is 13.5. The Morgan fingerprint density at radius 2 is 1.76 bits per heavy atom. The molecule has 0 spiro atoms. The molecule has 0 atom stereocenters. The molecule has 1 N–H and O–H groups in total. The van der Waals surface area contributed by atoms with Crippen LogP contribution in [0.5, 0.6) is 0 Å². The molecule has 1 aliphatic carbocycles. The predicted octanol–water partition coefficient (Wildman–Crippen LogP) is 2.63. The fourth-order valence-electron chi connectivity index (χ4n) is 5.03. The molecule has 12 heteroatoms. The zero-order valence-electron chi connectivity index (χ0n) is 21.9. The van der Waals surface area contributed by atoms with Crippen LogP contribution in [0.15, 0.2) is 11.1 Å². The maximum Gasteiger partial charge on any atom is 0.294 e. The number of nitrogens with zero attached hydrogens (tertiary/aromatic N) is 7. The van der Waals surface area contributed by atoms with Crippen molar-refractivity contribution in [2.24, 2.45) is 5.92 Å². The lowest BCUT2D eigenvalue weighted by Crippen LogP contribution is -2.39. The Labute approximate surface area is 216 Å². The molecule has 1 aliphatic heterocycles. The highest BCUT2D eigenvalue weighted by Crippen LogP contribution is 2.43. The van der Waals surface area contributed by atoms with Crippen molar-refractivity contribution < 1.29 is 8.42 Å². The van der Waals surface area contributed by atoms with Crippen LogP contribution in [-0.2, 0) is 16.6 Å². The summed E-state index contributed by atoms with van der Waals surface area (Å²) < 4.78 is 26.8. The van der Waals surface area contributed by atoms with Crippen LogP contribution in [0.1, 0.15) is 62.0 Å². The van der Waals surface area contributed by atoms with Crippen molar-refractivity contribution in [3.8, 4) is 11.4 Å². The highest BCUT2D eigenvalue weighted by atomic mass is 32.2. The number of hydrogen-bond donors (Lipinski definition) is 1. The van der Waals surface area contributed by atoms with Crippen molar-refractivity contribution in [2.75, 3.05) is 31.2 Å². The third-order valence-electron chi connectivity index (χ3n) is 7.27. The van der Waals surface area contributed by atoms with Gasteiger partial charge in [-0.1, -0.05) is 6.92 Å². The quantitative estimate of drug-likeness (QED) is 0.470. The standard InChI is InChI=1S/C25H34N8O3S/c1-5-10-33-24-20(16(3)29-22(31-24)19-15(2)27-14-28-21(19)18-6-7-18)30-23(25(33)34)26-13-17-8-11-32(12-9-17)37(4,35)36/h14,17-18H,5-13H2,1-4H3,(H,26,30). The lowest BCUT2D eigenvalue weighted by molar-refractivity contribution is 0.283. The number of sulfonamides is 1. The topological polar surface area (TPSA) is 136 Å². The second kappa shape index (κ2) is 10.1. The van der Waals surface area contributed by atoms with Crippen LogP contribution in [0.4, 0.5) is 5.82 Å². The van der Waals surface area contributed by atoms with E-state index in [2.05, 4.69) is 20.3 Å². The van der Waals surface area contributed by atoms with Gasteiger partial charge in [0.05, 0.1) is 28.9 Å². The maximum absolute atomic E-state index is 13.5. The lowest BCUT2D eigenvalue weighted by atomic mass is 9.98. The summed E-state index contributed by atoms with van der Waals surface area (Å²) in [5.41, 5.74) is 4.25. The minimum absolute atomic E-state index is 0.213. The fourth-order valence-corrected chi connectivity index (χ4v) is 5.91. The van der Waals surface area contributed by atoms with Crippen LogP contribution in [0.25, 0.3) is 22.6 Å². The van der Waals surface area contributed by atoms with Crippen molar-refractivity contribution in [3.05, 3.63) is 33.8 Å². The van der Waals surface area contributed by atoms with Crippen LogP contribution in [0.2, 0.25) is 0 Å². The predicted molar refractivity (Wildman–Crippen MR) is 142 cm³/mol. The fraction of sp³-hybridized carbons (Fsp3) is 0.600. The van der Waals surface area contributed by atoms with E-state index in [1.165, 1.54) is 10.6 Å². The molecule has 0 radical (unpaired) electrons. The van der Waals surface area contributed by atoms with Gasteiger partial charge in [-0.15, -0.1) is 0 Å². The minimum Gasteiger partial charge on any atom is -0.365 e. The first kappa shape index (κ1) is 25.7. The van der Waals surface area contributed by atoms with E-state index in [1.54, 1.807) is 10.9 Å². The SMILES string of the molecule is CCCn1c(=O)c(NCC2CCN(S(C)(=O)=O)CC2)nc2c(C)nc(-c3c(C)ncnc3C3CC3)nc21. The van der Waals surface area contributed by atoms with Crippen LogP contribution < -0.4 is 10.9 Å². The Kier molecular flexibility index (Phi) is 6.97. The van der Waals surface area contributed by atoms with Crippen molar-refractivity contribution >= 4 is 27.0 Å². The molecular formula is C25H34N8O3S. The molecule has 0 aromatic carbocycles. The van der Waals surface area contributed by atoms with Crippen molar-refractivity contribution in [1.29, 1.82) is 0 Å². The molecule has 3 aromatic rings. The molecule has 4 heterocycles. The minimum atomic E-state index is -3.17. The number of rotatable bonds is 8. The Hall–Kier alpha value is -2.99. The normalized spacial score (nSPS) is 17.4. The number of aromatic nitrogens is 6. The highest BCUT2D eigenvalue weighted by molar-refractivity contribution is 7.88. The summed E-state index contributed by atoms with van der Waals surface area (Å²) in [5, 5.41) is 3.25. The second-order valence-electron chi connectivity index (χ2n) is 10.2. The lowest BCUT2D eigenvalue weighted by Gasteiger charge is -2.30. The average molecular weight is 527 g/mol. The summed E-state index contributed by atoms with van der Waals surface area (Å²) in [5.74, 6) is 1.48. The third kappa shape index (κ3) is 5.22. The first-order valence-corrected chi connectivity index (χ1v) is 14.8. The highest BCUT2D eigenvalue weighted by Gasteiger charge is 2.31. The van der Waals surface area contributed by atoms with E-state index < -0.39 is 10.0 Å². The second-order valence-corrected chi connectivity index (χ2v) is 12.2. The van der Waals surface area contributed by atoms with Gasteiger partial charge in [0.15, 0.2) is 17.3 Å². The number of hydrogen-bond acceptors (Lipinski definition) is 9. The Bertz CT molecular complexity index is 1490. The molecule has 1 saturated heterocycles. The van der Waals surface area contributed by atoms with Crippen molar-refractivity contribution in [3.63, 3.8) is 0 Å². The largest absolute Gasteiger partial charge is 0.365 e. The molecule has 2 aliphatic rings. The number of fused-ring (bicyclic) bond motifs is 1. The van der Waals surface area contributed by atoms with Crippen molar-refractivity contribution in [2.45, 2.75) is 65.3 Å². The zero-order valence-corrected chi connectivity index (χ0v) is 22.7. The summed E-state index contributed by atoms with van der Waals surface area (Å²) in [7, 11) is -3.17. The van der Waals surface area contributed by atoms with Gasteiger partial charge in [0.1, 0.15) is 11.8 Å². The monoisotopic (exact) mass is 526 g/mol. The average Bonchev–Trinajstić information content (AvgIpc) is 3.70. The van der Waals surface area contributed by atoms with Crippen LogP contribution in [0.3, 0.4) is 0 Å². The summed E-state index contributed by atoms with van der Waals surface area (Å²) >= 11 is 0. The van der Waals surface area contributed by atoms with Gasteiger partial charge in [-0.2, -0.15) is 0 Å². The summed E-state index contributed by atoms with van der Waals surface area (Å²) in [6.07, 6.45) is 7.28. The molecule has 2 fully saturated rings. The van der Waals surface area contributed by atoms with Gasteiger partial charge in [-0.05, 0) is 51.9 Å². The summed E-state index contributed by atoms with van der Waals surface area (Å²) in [4.78, 5) is 36.8. The molecule has 0 bridgehead atoms. The molecule has 37 heavy (non-hydrogen) atoms. The number of nitrogens with one attached hydrogen (secondary N) is 1. The van der Waals surface area contributed by atoms with E-state index in [0.717, 1.165) is 49.1 Å². The number of anilines is 1. The molecule has 0 amide bonds. The molecule has 3 aromatic heterocycles. The van der Waals surface area contributed by atoms with Gasteiger partial charge in [-0.25, -0.2) is 37.6 Å². The van der Waals surface area contributed by atoms with Crippen molar-refractivity contribution in [1.82, 2.24) is 33.8 Å². The summed E-state index contributed by atoms with van der Waals surface area (Å²) in [6.45, 7) is 7.92. The van der Waals surface area contributed by atoms with Gasteiger partial charge in [-0.3, -0.25) is 9.36 Å². The molecular weight excluding hydrogens is 492 g/mol. The van der Waals surface area contributed by atoms with E-state index in [-0.39, 0.29) is 17.3 Å². The summed E-state index contributed by atoms with van der Waals surface area (Å²) in [6, 6.07) is 0. The van der Waals surface area contributed by atoms with Crippen LogP contribution >= 0.6 is 0 Å². The van der Waals surface area contributed by atoms with Gasteiger partial charge in [0.2, 0.25) is 10.0 Å². The van der Waals surface area contributed by atoms with Crippen LogP contribution in [-0.4, -0.2) is 68.1 Å². The number of aryl methyl sites for hydroxylation is 3. The molecule has 11 nitrogen and oxygen atoms in total. The number of piperidine rings is 1. The molecule has 198 valence electrons. The van der Waals surface area contributed by atoms with E-state index in [9.17, 15) is 13.2 Å². The Balaban J connectivity index is 1.48. The van der Waals surface area contributed by atoms with E-state index in [0.29, 0.717) is 54.8 Å². The van der Waals surface area contributed by atoms with Gasteiger partial charge < -0.3 is 5.32 Å². The van der Waals surface area contributed by atoms with E-state index in [1.807, 2.05) is 20.8 Å². The Morgan fingerprint density at radius 3 is 2.41 bits per heavy atom. The van der Waals surface area contributed by atoms with Gasteiger partial charge in [0, 0.05) is 32.1 Å². The van der Waals surface area contributed by atoms with E-state index >= 15 is 0 Å². The van der Waals surface area contributed by atoms with Gasteiger partial charge >= 0.3 is 0 Å².